The van der Waals surface area contributed by atoms with Gasteiger partial charge in [0.2, 0.25) is 5.91 Å². The fraction of sp³-hybridized carbons (Fsp3) is 0.350. The summed E-state index contributed by atoms with van der Waals surface area (Å²) < 4.78 is 15.9. The Morgan fingerprint density at radius 2 is 1.64 bits per heavy atom. The molecule has 0 radical (unpaired) electrons. The predicted octanol–water partition coefficient (Wildman–Crippen LogP) is 3.52. The van der Waals surface area contributed by atoms with Crippen LogP contribution in [0.25, 0.3) is 0 Å². The summed E-state index contributed by atoms with van der Waals surface area (Å²) in [5.41, 5.74) is 1.96. The van der Waals surface area contributed by atoms with E-state index in [9.17, 15) is 4.79 Å². The molecule has 5 heteroatoms. The number of carbonyl (C=O) groups excluding carboxylic acids is 1. The molecule has 1 N–H and O–H groups in total. The zero-order valence-electron chi connectivity index (χ0n) is 15.2. The Kier molecular flexibility index (Phi) is 6.69. The fourth-order valence-electron chi connectivity index (χ4n) is 2.68. The molecule has 2 aromatic carbocycles. The minimum absolute atomic E-state index is 0.0137. The van der Waals surface area contributed by atoms with Crippen LogP contribution in [0.3, 0.4) is 0 Å². The first-order valence-electron chi connectivity index (χ1n) is 8.21. The topological polar surface area (TPSA) is 56.8 Å². The summed E-state index contributed by atoms with van der Waals surface area (Å²) in [6.45, 7) is 1.95. The summed E-state index contributed by atoms with van der Waals surface area (Å²) in [4.78, 5) is 12.3. The molecular weight excluding hydrogens is 318 g/mol. The molecule has 1 atom stereocenters. The van der Waals surface area contributed by atoms with E-state index in [-0.39, 0.29) is 11.9 Å². The van der Waals surface area contributed by atoms with Gasteiger partial charge in [-0.25, -0.2) is 0 Å². The number of nitrogens with one attached hydrogen (secondary N) is 1. The Hall–Kier alpha value is -2.69. The van der Waals surface area contributed by atoms with Crippen LogP contribution in [-0.2, 0) is 11.2 Å². The fourth-order valence-corrected chi connectivity index (χ4v) is 2.68. The molecule has 0 aliphatic heterocycles. The Balaban J connectivity index is 1.96. The monoisotopic (exact) mass is 343 g/mol. The lowest BCUT2D eigenvalue weighted by molar-refractivity contribution is -0.121. The average molecular weight is 343 g/mol. The first kappa shape index (κ1) is 18.6. The molecule has 134 valence electrons. The maximum Gasteiger partial charge on any atom is 0.220 e. The van der Waals surface area contributed by atoms with Gasteiger partial charge in [-0.05, 0) is 37.1 Å². The number of rotatable bonds is 8. The molecule has 5 nitrogen and oxygen atoms in total. The molecule has 0 bridgehead atoms. The zero-order chi connectivity index (χ0) is 18.2. The van der Waals surface area contributed by atoms with Crippen molar-refractivity contribution in [2.45, 2.75) is 25.8 Å². The van der Waals surface area contributed by atoms with Crippen molar-refractivity contribution in [2.24, 2.45) is 0 Å². The van der Waals surface area contributed by atoms with E-state index in [0.717, 1.165) is 28.4 Å². The van der Waals surface area contributed by atoms with Crippen molar-refractivity contribution in [3.05, 3.63) is 53.6 Å². The SMILES string of the molecule is COc1cc(CCC(=O)NC(C)c2ccccc2OC)cc(OC)c1. The largest absolute Gasteiger partial charge is 0.497 e. The van der Waals surface area contributed by atoms with Gasteiger partial charge in [-0.2, -0.15) is 0 Å². The molecular formula is C20H25NO4. The van der Waals surface area contributed by atoms with Crippen molar-refractivity contribution in [3.8, 4) is 17.2 Å². The van der Waals surface area contributed by atoms with E-state index in [2.05, 4.69) is 5.32 Å². The predicted molar refractivity (Wildman–Crippen MR) is 97.4 cm³/mol. The molecule has 0 aromatic heterocycles. The lowest BCUT2D eigenvalue weighted by Gasteiger charge is -2.17. The highest BCUT2D eigenvalue weighted by Crippen LogP contribution is 2.25. The maximum atomic E-state index is 12.3. The van der Waals surface area contributed by atoms with Crippen molar-refractivity contribution < 1.29 is 19.0 Å². The highest BCUT2D eigenvalue weighted by Gasteiger charge is 2.14. The average Bonchev–Trinajstić information content (AvgIpc) is 2.65. The van der Waals surface area contributed by atoms with E-state index in [1.807, 2.05) is 49.4 Å². The molecule has 0 aliphatic rings. The molecule has 0 saturated carbocycles. The Bertz CT molecular complexity index is 692. The second-order valence-corrected chi connectivity index (χ2v) is 5.75. The normalized spacial score (nSPS) is 11.5. The van der Waals surface area contributed by atoms with Gasteiger partial charge in [0.1, 0.15) is 17.2 Å². The van der Waals surface area contributed by atoms with Gasteiger partial charge in [0.05, 0.1) is 27.4 Å². The first-order valence-corrected chi connectivity index (χ1v) is 8.21. The van der Waals surface area contributed by atoms with Crippen LogP contribution in [0, 0.1) is 0 Å². The third kappa shape index (κ3) is 5.14. The van der Waals surface area contributed by atoms with Crippen LogP contribution in [0.15, 0.2) is 42.5 Å². The molecule has 0 fully saturated rings. The lowest BCUT2D eigenvalue weighted by Crippen LogP contribution is -2.27. The van der Waals surface area contributed by atoms with E-state index in [1.54, 1.807) is 21.3 Å². The van der Waals surface area contributed by atoms with Crippen LogP contribution in [0.4, 0.5) is 0 Å². The number of methoxy groups -OCH3 is 3. The van der Waals surface area contributed by atoms with E-state index in [4.69, 9.17) is 14.2 Å². The van der Waals surface area contributed by atoms with Crippen LogP contribution < -0.4 is 19.5 Å². The first-order chi connectivity index (χ1) is 12.1. The van der Waals surface area contributed by atoms with Gasteiger partial charge in [0.25, 0.3) is 0 Å². The van der Waals surface area contributed by atoms with Gasteiger partial charge < -0.3 is 19.5 Å². The molecule has 2 aromatic rings. The van der Waals surface area contributed by atoms with Gasteiger partial charge in [0.15, 0.2) is 0 Å². The number of aryl methyl sites for hydroxylation is 1. The molecule has 0 aliphatic carbocycles. The Labute approximate surface area is 148 Å². The van der Waals surface area contributed by atoms with Crippen LogP contribution in [0.5, 0.6) is 17.2 Å². The summed E-state index contributed by atoms with van der Waals surface area (Å²) in [7, 11) is 4.85. The number of amides is 1. The maximum absolute atomic E-state index is 12.3. The second-order valence-electron chi connectivity index (χ2n) is 5.75. The molecule has 0 spiro atoms. The van der Waals surface area contributed by atoms with Crippen molar-refractivity contribution >= 4 is 5.91 Å². The lowest BCUT2D eigenvalue weighted by atomic mass is 10.1. The van der Waals surface area contributed by atoms with Gasteiger partial charge in [-0.15, -0.1) is 0 Å². The Morgan fingerprint density at radius 3 is 2.24 bits per heavy atom. The van der Waals surface area contributed by atoms with Crippen LogP contribution in [0.2, 0.25) is 0 Å². The third-order valence-corrected chi connectivity index (χ3v) is 4.03. The van der Waals surface area contributed by atoms with E-state index in [1.165, 1.54) is 0 Å². The van der Waals surface area contributed by atoms with Gasteiger partial charge >= 0.3 is 0 Å². The van der Waals surface area contributed by atoms with Crippen molar-refractivity contribution in [3.63, 3.8) is 0 Å². The number of carbonyl (C=O) groups is 1. The van der Waals surface area contributed by atoms with Crippen molar-refractivity contribution in [1.29, 1.82) is 0 Å². The number of hydrogen-bond acceptors (Lipinski definition) is 4. The van der Waals surface area contributed by atoms with Crippen LogP contribution in [-0.4, -0.2) is 27.2 Å². The van der Waals surface area contributed by atoms with Gasteiger partial charge in [-0.3, -0.25) is 4.79 Å². The van der Waals surface area contributed by atoms with Crippen molar-refractivity contribution in [2.75, 3.05) is 21.3 Å². The quantitative estimate of drug-likeness (QED) is 0.797. The third-order valence-electron chi connectivity index (χ3n) is 4.03. The summed E-state index contributed by atoms with van der Waals surface area (Å²) in [5.74, 6) is 2.20. The summed E-state index contributed by atoms with van der Waals surface area (Å²) in [6.07, 6.45) is 0.994. The van der Waals surface area contributed by atoms with Gasteiger partial charge in [0, 0.05) is 18.1 Å². The summed E-state index contributed by atoms with van der Waals surface area (Å²) >= 11 is 0. The minimum atomic E-state index is -0.122. The highest BCUT2D eigenvalue weighted by atomic mass is 16.5. The Morgan fingerprint density at radius 1 is 1.00 bits per heavy atom. The molecule has 25 heavy (non-hydrogen) atoms. The molecule has 1 amide bonds. The summed E-state index contributed by atoms with van der Waals surface area (Å²) in [5, 5.41) is 3.02. The summed E-state index contributed by atoms with van der Waals surface area (Å²) in [6, 6.07) is 13.2. The number of para-hydroxylation sites is 1. The van der Waals surface area contributed by atoms with E-state index < -0.39 is 0 Å². The highest BCUT2D eigenvalue weighted by molar-refractivity contribution is 5.76. The number of hydrogen-bond donors (Lipinski definition) is 1. The standard InChI is InChI=1S/C20H25NO4/c1-14(18-7-5-6-8-19(18)25-4)21-20(22)10-9-15-11-16(23-2)13-17(12-15)24-3/h5-8,11-14H,9-10H2,1-4H3,(H,21,22). The zero-order valence-corrected chi connectivity index (χ0v) is 15.2. The van der Waals surface area contributed by atoms with Crippen LogP contribution >= 0.6 is 0 Å². The van der Waals surface area contributed by atoms with Crippen molar-refractivity contribution in [1.82, 2.24) is 5.32 Å². The number of ether oxygens (including phenoxy) is 3. The molecule has 0 heterocycles. The number of benzene rings is 2. The smallest absolute Gasteiger partial charge is 0.220 e. The minimum Gasteiger partial charge on any atom is -0.497 e. The van der Waals surface area contributed by atoms with E-state index >= 15 is 0 Å². The molecule has 2 rings (SSSR count). The van der Waals surface area contributed by atoms with Gasteiger partial charge in [-0.1, -0.05) is 18.2 Å². The van der Waals surface area contributed by atoms with E-state index in [0.29, 0.717) is 12.8 Å². The molecule has 1 unspecified atom stereocenters. The second kappa shape index (κ2) is 8.97. The van der Waals surface area contributed by atoms with Crippen LogP contribution in [0.1, 0.15) is 30.5 Å². The molecule has 0 saturated heterocycles.